The Hall–Kier alpha value is -3.36. The van der Waals surface area contributed by atoms with Crippen LogP contribution in [0.4, 0.5) is 10.5 Å². The predicted molar refractivity (Wildman–Crippen MR) is 119 cm³/mol. The van der Waals surface area contributed by atoms with Gasteiger partial charge in [0.25, 0.3) is 0 Å². The van der Waals surface area contributed by atoms with Crippen molar-refractivity contribution >= 4 is 17.6 Å². The van der Waals surface area contributed by atoms with Crippen molar-refractivity contribution < 1.29 is 28.2 Å². The van der Waals surface area contributed by atoms with Crippen molar-refractivity contribution in [2.24, 2.45) is 5.92 Å². The number of likely N-dealkylation sites (tertiary alicyclic amines) is 1. The monoisotopic (exact) mass is 445 g/mol. The summed E-state index contributed by atoms with van der Waals surface area (Å²) in [5.74, 6) is 3.22. The minimum Gasteiger partial charge on any atom is -0.493 e. The Bertz CT molecular complexity index is 909. The number of aryl methyl sites for hydroxylation is 1. The number of piperidine rings is 1. The molecule has 2 N–H and O–H groups in total. The highest BCUT2D eigenvalue weighted by atomic mass is 16.5. The van der Waals surface area contributed by atoms with Crippen molar-refractivity contribution in [2.45, 2.75) is 32.7 Å². The number of nitrogens with one attached hydrogen (secondary N) is 2. The maximum atomic E-state index is 12.7. The number of hydrogen-bond donors (Lipinski definition) is 2. The second-order valence-electron chi connectivity index (χ2n) is 7.77. The summed E-state index contributed by atoms with van der Waals surface area (Å²) in [5, 5.41) is 5.79. The SMILES string of the molecule is COc1cc(NC(=O)N2CCC(CC(=O)NCc3ccc(C)o3)CC2)cc(OC)c1OC. The number of furan rings is 1. The molecule has 0 spiro atoms. The van der Waals surface area contributed by atoms with E-state index in [2.05, 4.69) is 10.6 Å². The first-order valence-electron chi connectivity index (χ1n) is 10.6. The maximum Gasteiger partial charge on any atom is 0.321 e. The molecule has 9 nitrogen and oxygen atoms in total. The standard InChI is InChI=1S/C23H31N3O6/c1-15-5-6-18(32-15)14-24-21(27)11-16-7-9-26(10-8-16)23(28)25-17-12-19(29-2)22(31-4)20(13-17)30-3/h5-6,12-13,16H,7-11,14H2,1-4H3,(H,24,27)(H,25,28). The van der Waals surface area contributed by atoms with Gasteiger partial charge in [0.1, 0.15) is 11.5 Å². The van der Waals surface area contributed by atoms with Crippen LogP contribution in [0.2, 0.25) is 0 Å². The van der Waals surface area contributed by atoms with E-state index in [0.29, 0.717) is 49.0 Å². The molecule has 0 bridgehead atoms. The van der Waals surface area contributed by atoms with Gasteiger partial charge in [0.05, 0.1) is 33.6 Å². The van der Waals surface area contributed by atoms with Crippen molar-refractivity contribution in [2.75, 3.05) is 39.7 Å². The number of amides is 3. The van der Waals surface area contributed by atoms with Gasteiger partial charge in [0.15, 0.2) is 11.5 Å². The topological polar surface area (TPSA) is 102 Å². The van der Waals surface area contributed by atoms with Crippen LogP contribution in [-0.2, 0) is 11.3 Å². The lowest BCUT2D eigenvalue weighted by molar-refractivity contribution is -0.122. The van der Waals surface area contributed by atoms with E-state index in [-0.39, 0.29) is 17.9 Å². The predicted octanol–water partition coefficient (Wildman–Crippen LogP) is 3.56. The molecule has 1 saturated heterocycles. The molecule has 2 heterocycles. The Morgan fingerprint density at radius 1 is 1.06 bits per heavy atom. The molecule has 1 aliphatic heterocycles. The van der Waals surface area contributed by atoms with Crippen molar-refractivity contribution in [3.8, 4) is 17.2 Å². The smallest absolute Gasteiger partial charge is 0.321 e. The normalized spacial score (nSPS) is 14.1. The number of hydrogen-bond acceptors (Lipinski definition) is 6. The Balaban J connectivity index is 1.47. The molecule has 0 radical (unpaired) electrons. The van der Waals surface area contributed by atoms with Crippen LogP contribution in [0, 0.1) is 12.8 Å². The lowest BCUT2D eigenvalue weighted by Crippen LogP contribution is -2.41. The number of methoxy groups -OCH3 is 3. The molecule has 3 rings (SSSR count). The van der Waals surface area contributed by atoms with Gasteiger partial charge in [-0.3, -0.25) is 4.79 Å². The van der Waals surface area contributed by atoms with Gasteiger partial charge >= 0.3 is 6.03 Å². The van der Waals surface area contributed by atoms with Crippen molar-refractivity contribution in [1.82, 2.24) is 10.2 Å². The van der Waals surface area contributed by atoms with Gasteiger partial charge in [-0.2, -0.15) is 0 Å². The molecule has 1 aliphatic rings. The third-order valence-corrected chi connectivity index (χ3v) is 5.55. The molecule has 0 aliphatic carbocycles. The van der Waals surface area contributed by atoms with Gasteiger partial charge in [0.2, 0.25) is 11.7 Å². The number of urea groups is 1. The van der Waals surface area contributed by atoms with Gasteiger partial charge in [0, 0.05) is 31.6 Å². The van der Waals surface area contributed by atoms with Crippen LogP contribution in [0.15, 0.2) is 28.7 Å². The van der Waals surface area contributed by atoms with Crippen LogP contribution < -0.4 is 24.8 Å². The second kappa shape index (κ2) is 10.8. The minimum atomic E-state index is -0.199. The number of carbonyl (C=O) groups excluding carboxylic acids is 2. The average molecular weight is 446 g/mol. The highest BCUT2D eigenvalue weighted by molar-refractivity contribution is 5.90. The second-order valence-corrected chi connectivity index (χ2v) is 7.77. The van der Waals surface area contributed by atoms with Gasteiger partial charge in [-0.05, 0) is 37.8 Å². The highest BCUT2D eigenvalue weighted by Gasteiger charge is 2.25. The molecule has 0 saturated carbocycles. The van der Waals surface area contributed by atoms with E-state index in [1.807, 2.05) is 19.1 Å². The number of anilines is 1. The average Bonchev–Trinajstić information content (AvgIpc) is 3.22. The Labute approximate surface area is 188 Å². The summed E-state index contributed by atoms with van der Waals surface area (Å²) in [5.41, 5.74) is 0.555. The molecule has 1 fully saturated rings. The fourth-order valence-corrected chi connectivity index (χ4v) is 3.80. The quantitative estimate of drug-likeness (QED) is 0.644. The third kappa shape index (κ3) is 5.87. The van der Waals surface area contributed by atoms with Crippen molar-refractivity contribution in [1.29, 1.82) is 0 Å². The molecule has 9 heteroatoms. The molecule has 1 aromatic heterocycles. The van der Waals surface area contributed by atoms with E-state index in [1.165, 1.54) is 21.3 Å². The Kier molecular flexibility index (Phi) is 7.86. The lowest BCUT2D eigenvalue weighted by atomic mass is 9.93. The van der Waals surface area contributed by atoms with Crippen LogP contribution in [0.25, 0.3) is 0 Å². The number of carbonyl (C=O) groups is 2. The zero-order valence-corrected chi connectivity index (χ0v) is 19.0. The Morgan fingerprint density at radius 3 is 2.25 bits per heavy atom. The molecule has 3 amide bonds. The molecule has 0 atom stereocenters. The maximum absolute atomic E-state index is 12.7. The van der Waals surface area contributed by atoms with Crippen LogP contribution in [0.1, 0.15) is 30.8 Å². The molecule has 174 valence electrons. The highest BCUT2D eigenvalue weighted by Crippen LogP contribution is 2.40. The first-order chi connectivity index (χ1) is 15.4. The van der Waals surface area contributed by atoms with Crippen LogP contribution in [-0.4, -0.2) is 51.3 Å². The van der Waals surface area contributed by atoms with Gasteiger partial charge in [-0.25, -0.2) is 4.79 Å². The summed E-state index contributed by atoms with van der Waals surface area (Å²) in [4.78, 5) is 26.7. The Morgan fingerprint density at radius 2 is 1.72 bits per heavy atom. The molecular formula is C23H31N3O6. The van der Waals surface area contributed by atoms with E-state index >= 15 is 0 Å². The number of ether oxygens (including phenoxy) is 3. The van der Waals surface area contributed by atoms with Crippen molar-refractivity contribution in [3.63, 3.8) is 0 Å². The summed E-state index contributed by atoms with van der Waals surface area (Å²) in [6.07, 6.45) is 1.99. The molecule has 0 unspecified atom stereocenters. The number of nitrogens with zero attached hydrogens (tertiary/aromatic N) is 1. The number of rotatable bonds is 8. The molecule has 32 heavy (non-hydrogen) atoms. The molecular weight excluding hydrogens is 414 g/mol. The van der Waals surface area contributed by atoms with E-state index < -0.39 is 0 Å². The van der Waals surface area contributed by atoms with Gasteiger partial charge in [-0.15, -0.1) is 0 Å². The first kappa shape index (κ1) is 23.3. The molecule has 1 aromatic carbocycles. The van der Waals surface area contributed by atoms with E-state index in [1.54, 1.807) is 17.0 Å². The number of benzene rings is 1. The summed E-state index contributed by atoms with van der Waals surface area (Å²) in [6, 6.07) is 6.92. The fourth-order valence-electron chi connectivity index (χ4n) is 3.80. The summed E-state index contributed by atoms with van der Waals surface area (Å²) >= 11 is 0. The first-order valence-corrected chi connectivity index (χ1v) is 10.6. The van der Waals surface area contributed by atoms with E-state index in [4.69, 9.17) is 18.6 Å². The molecule has 2 aromatic rings. The third-order valence-electron chi connectivity index (χ3n) is 5.55. The lowest BCUT2D eigenvalue weighted by Gasteiger charge is -2.31. The minimum absolute atomic E-state index is 0.000576. The van der Waals surface area contributed by atoms with Crippen LogP contribution >= 0.6 is 0 Å². The summed E-state index contributed by atoms with van der Waals surface area (Å²) in [6.45, 7) is 3.44. The van der Waals surface area contributed by atoms with Crippen LogP contribution in [0.3, 0.4) is 0 Å². The summed E-state index contributed by atoms with van der Waals surface area (Å²) in [7, 11) is 4.58. The van der Waals surface area contributed by atoms with Crippen molar-refractivity contribution in [3.05, 3.63) is 35.8 Å². The largest absolute Gasteiger partial charge is 0.493 e. The fraction of sp³-hybridized carbons (Fsp3) is 0.478. The van der Waals surface area contributed by atoms with Gasteiger partial charge in [-0.1, -0.05) is 0 Å². The summed E-state index contributed by atoms with van der Waals surface area (Å²) < 4.78 is 21.4. The van der Waals surface area contributed by atoms with E-state index in [9.17, 15) is 9.59 Å². The zero-order chi connectivity index (χ0) is 23.1. The van der Waals surface area contributed by atoms with E-state index in [0.717, 1.165) is 24.4 Å². The van der Waals surface area contributed by atoms with Gasteiger partial charge < -0.3 is 34.2 Å². The van der Waals surface area contributed by atoms with Crippen LogP contribution in [0.5, 0.6) is 17.2 Å². The zero-order valence-electron chi connectivity index (χ0n) is 19.0.